The van der Waals surface area contributed by atoms with Gasteiger partial charge in [0.2, 0.25) is 5.91 Å². The molecule has 1 saturated heterocycles. The van der Waals surface area contributed by atoms with Crippen LogP contribution in [0.25, 0.3) is 0 Å². The summed E-state index contributed by atoms with van der Waals surface area (Å²) in [4.78, 5) is 25.9. The van der Waals surface area contributed by atoms with Crippen molar-refractivity contribution in [2.75, 3.05) is 20.2 Å². The number of benzene rings is 2. The molecule has 1 heterocycles. The number of carboxylic acids is 1. The van der Waals surface area contributed by atoms with Gasteiger partial charge < -0.3 is 14.7 Å². The van der Waals surface area contributed by atoms with Crippen molar-refractivity contribution in [2.24, 2.45) is 5.92 Å². The van der Waals surface area contributed by atoms with Crippen molar-refractivity contribution in [1.82, 2.24) is 4.90 Å². The molecule has 0 bridgehead atoms. The predicted octanol–water partition coefficient (Wildman–Crippen LogP) is 2.56. The smallest absolute Gasteiger partial charge is 0.308 e. The number of amides is 1. The molecule has 5 heteroatoms. The normalized spacial score (nSPS) is 19.6. The molecule has 2 aromatic carbocycles. The zero-order valence-corrected chi connectivity index (χ0v) is 14.1. The van der Waals surface area contributed by atoms with E-state index in [9.17, 15) is 14.7 Å². The number of rotatable bonds is 5. The Labute approximate surface area is 146 Å². The van der Waals surface area contributed by atoms with E-state index in [4.69, 9.17) is 4.74 Å². The van der Waals surface area contributed by atoms with Gasteiger partial charge in [-0.05, 0) is 23.3 Å². The number of hydrogen-bond acceptors (Lipinski definition) is 3. The van der Waals surface area contributed by atoms with Crippen molar-refractivity contribution in [1.29, 1.82) is 0 Å². The van der Waals surface area contributed by atoms with E-state index in [0.717, 1.165) is 16.9 Å². The van der Waals surface area contributed by atoms with Crippen molar-refractivity contribution in [3.63, 3.8) is 0 Å². The fraction of sp³-hybridized carbons (Fsp3) is 0.300. The van der Waals surface area contributed by atoms with Gasteiger partial charge in [-0.1, -0.05) is 42.5 Å². The summed E-state index contributed by atoms with van der Waals surface area (Å²) in [6.07, 6.45) is 0.262. The van der Waals surface area contributed by atoms with E-state index in [0.29, 0.717) is 6.54 Å². The van der Waals surface area contributed by atoms with E-state index in [1.54, 1.807) is 12.0 Å². The maximum absolute atomic E-state index is 12.6. The number of hydrogen-bond donors (Lipinski definition) is 1. The van der Waals surface area contributed by atoms with Crippen molar-refractivity contribution in [3.8, 4) is 5.75 Å². The summed E-state index contributed by atoms with van der Waals surface area (Å²) in [5.41, 5.74) is 1.86. The van der Waals surface area contributed by atoms with Crippen LogP contribution in [-0.2, 0) is 16.0 Å². The number of carbonyl (C=O) groups is 2. The fourth-order valence-corrected chi connectivity index (χ4v) is 3.33. The highest BCUT2D eigenvalue weighted by Crippen LogP contribution is 2.33. The second-order valence-electron chi connectivity index (χ2n) is 6.29. The standard InChI is InChI=1S/C20H21NO4/c1-25-16-9-7-14(8-10-16)11-19(22)21-12-17(18(13-21)20(23)24)15-5-3-2-4-6-15/h2-10,17-18H,11-13H2,1H3,(H,23,24). The lowest BCUT2D eigenvalue weighted by atomic mass is 9.89. The molecular weight excluding hydrogens is 318 g/mol. The topological polar surface area (TPSA) is 66.8 Å². The molecule has 0 spiro atoms. The highest BCUT2D eigenvalue weighted by molar-refractivity contribution is 5.81. The molecule has 3 rings (SSSR count). The summed E-state index contributed by atoms with van der Waals surface area (Å²) >= 11 is 0. The second-order valence-corrected chi connectivity index (χ2v) is 6.29. The lowest BCUT2D eigenvalue weighted by molar-refractivity contribution is -0.141. The molecule has 5 nitrogen and oxygen atoms in total. The maximum Gasteiger partial charge on any atom is 0.308 e. The largest absolute Gasteiger partial charge is 0.497 e. The quantitative estimate of drug-likeness (QED) is 0.909. The number of carbonyl (C=O) groups excluding carboxylic acids is 1. The van der Waals surface area contributed by atoms with Crippen molar-refractivity contribution < 1.29 is 19.4 Å². The monoisotopic (exact) mass is 339 g/mol. The number of nitrogens with zero attached hydrogens (tertiary/aromatic N) is 1. The first kappa shape index (κ1) is 17.0. The van der Waals surface area contributed by atoms with E-state index < -0.39 is 11.9 Å². The minimum absolute atomic E-state index is 0.0464. The third-order valence-corrected chi connectivity index (χ3v) is 4.73. The lowest BCUT2D eigenvalue weighted by Gasteiger charge is -2.16. The summed E-state index contributed by atoms with van der Waals surface area (Å²) in [5.74, 6) is -0.892. The van der Waals surface area contributed by atoms with Crippen molar-refractivity contribution in [3.05, 3.63) is 65.7 Å². The van der Waals surface area contributed by atoms with Gasteiger partial charge in [-0.3, -0.25) is 9.59 Å². The van der Waals surface area contributed by atoms with Gasteiger partial charge in [0.15, 0.2) is 0 Å². The Morgan fingerprint density at radius 1 is 1.08 bits per heavy atom. The van der Waals surface area contributed by atoms with Crippen LogP contribution in [0, 0.1) is 5.92 Å². The Morgan fingerprint density at radius 3 is 2.36 bits per heavy atom. The van der Waals surface area contributed by atoms with Gasteiger partial charge >= 0.3 is 5.97 Å². The minimum atomic E-state index is -0.853. The summed E-state index contributed by atoms with van der Waals surface area (Å²) in [7, 11) is 1.60. The fourth-order valence-electron chi connectivity index (χ4n) is 3.33. The molecule has 130 valence electrons. The molecule has 1 fully saturated rings. The third-order valence-electron chi connectivity index (χ3n) is 4.73. The first-order valence-corrected chi connectivity index (χ1v) is 8.27. The number of aliphatic carboxylic acids is 1. The lowest BCUT2D eigenvalue weighted by Crippen LogP contribution is -2.31. The molecule has 2 aromatic rings. The summed E-state index contributed by atoms with van der Waals surface area (Å²) < 4.78 is 5.12. The number of carboxylic acid groups (broad SMARTS) is 1. The van der Waals surface area contributed by atoms with E-state index in [-0.39, 0.29) is 24.8 Å². The summed E-state index contributed by atoms with van der Waals surface area (Å²) in [5, 5.41) is 9.54. The average molecular weight is 339 g/mol. The Bertz CT molecular complexity index is 742. The third kappa shape index (κ3) is 3.82. The second kappa shape index (κ2) is 7.38. The van der Waals surface area contributed by atoms with Gasteiger partial charge in [0.25, 0.3) is 0 Å². The van der Waals surface area contributed by atoms with Crippen molar-refractivity contribution >= 4 is 11.9 Å². The Balaban J connectivity index is 1.71. The Kier molecular flexibility index (Phi) is 5.03. The zero-order valence-electron chi connectivity index (χ0n) is 14.1. The van der Waals surface area contributed by atoms with E-state index in [1.165, 1.54) is 0 Å². The van der Waals surface area contributed by atoms with Crippen LogP contribution < -0.4 is 4.74 Å². The molecule has 0 saturated carbocycles. The molecule has 1 amide bonds. The van der Waals surface area contributed by atoms with Crippen LogP contribution in [0.15, 0.2) is 54.6 Å². The first-order valence-electron chi connectivity index (χ1n) is 8.27. The van der Waals surface area contributed by atoms with Crippen LogP contribution >= 0.6 is 0 Å². The molecule has 0 aliphatic carbocycles. The first-order chi connectivity index (χ1) is 12.1. The number of likely N-dealkylation sites (tertiary alicyclic amines) is 1. The van der Waals surface area contributed by atoms with E-state index >= 15 is 0 Å². The van der Waals surface area contributed by atoms with Gasteiger partial charge in [-0.2, -0.15) is 0 Å². The van der Waals surface area contributed by atoms with Crippen LogP contribution in [0.1, 0.15) is 17.0 Å². The molecule has 1 N–H and O–H groups in total. The predicted molar refractivity (Wildman–Crippen MR) is 93.6 cm³/mol. The molecule has 25 heavy (non-hydrogen) atoms. The molecule has 2 unspecified atom stereocenters. The Hall–Kier alpha value is -2.82. The van der Waals surface area contributed by atoms with Crippen LogP contribution in [0.3, 0.4) is 0 Å². The molecule has 0 radical (unpaired) electrons. The zero-order chi connectivity index (χ0) is 17.8. The summed E-state index contributed by atoms with van der Waals surface area (Å²) in [6.45, 7) is 0.694. The van der Waals surface area contributed by atoms with Crippen LogP contribution in [0.5, 0.6) is 5.75 Å². The van der Waals surface area contributed by atoms with Gasteiger partial charge in [-0.15, -0.1) is 0 Å². The van der Waals surface area contributed by atoms with Crippen LogP contribution in [0.2, 0.25) is 0 Å². The van der Waals surface area contributed by atoms with Gasteiger partial charge in [0.1, 0.15) is 5.75 Å². The van der Waals surface area contributed by atoms with Crippen LogP contribution in [-0.4, -0.2) is 42.1 Å². The number of methoxy groups -OCH3 is 1. The van der Waals surface area contributed by atoms with Gasteiger partial charge in [-0.25, -0.2) is 0 Å². The van der Waals surface area contributed by atoms with Crippen LogP contribution in [0.4, 0.5) is 0 Å². The Morgan fingerprint density at radius 2 is 1.76 bits per heavy atom. The average Bonchev–Trinajstić information content (AvgIpc) is 3.09. The molecule has 1 aliphatic rings. The highest BCUT2D eigenvalue weighted by atomic mass is 16.5. The van der Waals surface area contributed by atoms with E-state index in [2.05, 4.69) is 0 Å². The van der Waals surface area contributed by atoms with Crippen molar-refractivity contribution in [2.45, 2.75) is 12.3 Å². The molecule has 1 aliphatic heterocycles. The molecular formula is C20H21NO4. The molecule has 2 atom stereocenters. The SMILES string of the molecule is COc1ccc(CC(=O)N2CC(C(=O)O)C(c3ccccc3)C2)cc1. The van der Waals surface area contributed by atoms with Gasteiger partial charge in [0.05, 0.1) is 19.4 Å². The minimum Gasteiger partial charge on any atom is -0.497 e. The summed E-state index contributed by atoms with van der Waals surface area (Å²) in [6, 6.07) is 16.9. The van der Waals surface area contributed by atoms with E-state index in [1.807, 2.05) is 54.6 Å². The van der Waals surface area contributed by atoms with Gasteiger partial charge in [0, 0.05) is 19.0 Å². The maximum atomic E-state index is 12.6. The molecule has 0 aromatic heterocycles. The highest BCUT2D eigenvalue weighted by Gasteiger charge is 2.40. The number of ether oxygens (including phenoxy) is 1.